The summed E-state index contributed by atoms with van der Waals surface area (Å²) in [4.78, 5) is 14.6. The van der Waals surface area contributed by atoms with E-state index in [1.54, 1.807) is 11.8 Å². The Balaban J connectivity index is 1.86. The molecule has 35 heavy (non-hydrogen) atoms. The van der Waals surface area contributed by atoms with Crippen LogP contribution in [0.1, 0.15) is 52.7 Å². The minimum Gasteiger partial charge on any atom is -0.444 e. The highest BCUT2D eigenvalue weighted by Gasteiger charge is 2.46. The molecular weight excluding hydrogens is 465 g/mol. The molecule has 7 nitrogen and oxygen atoms in total. The molecule has 0 aliphatic carbocycles. The van der Waals surface area contributed by atoms with Gasteiger partial charge in [-0.3, -0.25) is 9.46 Å². The van der Waals surface area contributed by atoms with Crippen LogP contribution in [0.15, 0.2) is 72.1 Å². The third kappa shape index (κ3) is 7.77. The minimum absolute atomic E-state index is 0.124. The van der Waals surface area contributed by atoms with Gasteiger partial charge in [0.2, 0.25) is 0 Å². The number of rotatable bonds is 8. The topological polar surface area (TPSA) is 74.3 Å². The van der Waals surface area contributed by atoms with E-state index in [1.807, 2.05) is 95.3 Å². The second-order valence-corrected chi connectivity index (χ2v) is 11.9. The Morgan fingerprint density at radius 3 is 1.97 bits per heavy atom. The van der Waals surface area contributed by atoms with Crippen LogP contribution in [0.4, 0.5) is 4.79 Å². The van der Waals surface area contributed by atoms with E-state index in [4.69, 9.17) is 18.5 Å². The van der Waals surface area contributed by atoms with Crippen LogP contribution in [0.3, 0.4) is 0 Å². The molecule has 1 aliphatic rings. The molecule has 1 amide bonds. The van der Waals surface area contributed by atoms with Crippen molar-refractivity contribution < 1.29 is 27.9 Å². The Morgan fingerprint density at radius 2 is 1.51 bits per heavy atom. The van der Waals surface area contributed by atoms with E-state index < -0.39 is 31.1 Å². The standard InChI is InChI=1S/C27H36NO6P/c1-21(24-19-31-27(5,6)28(24)25(29)34-26(2,3)4)20-35(30,32-17-22-13-9-7-10-14-22)33-18-23-15-11-8-12-16-23/h7-16,20,24H,17-19H2,1-6H3/b21-20+/t24-/m0/s1. The minimum atomic E-state index is -3.69. The molecule has 0 spiro atoms. The maximum Gasteiger partial charge on any atom is 0.413 e. The molecule has 2 aromatic rings. The zero-order chi connectivity index (χ0) is 25.7. The van der Waals surface area contributed by atoms with E-state index in [0.717, 1.165) is 11.1 Å². The summed E-state index contributed by atoms with van der Waals surface area (Å²) in [6.45, 7) is 11.4. The maximum atomic E-state index is 13.9. The zero-order valence-corrected chi connectivity index (χ0v) is 22.3. The lowest BCUT2D eigenvalue weighted by Crippen LogP contribution is -2.50. The van der Waals surface area contributed by atoms with E-state index in [1.165, 1.54) is 5.82 Å². The summed E-state index contributed by atoms with van der Waals surface area (Å²) in [6, 6.07) is 18.5. The molecule has 1 saturated heterocycles. The van der Waals surface area contributed by atoms with Gasteiger partial charge in [0.15, 0.2) is 0 Å². The van der Waals surface area contributed by atoms with Crippen LogP contribution in [0.2, 0.25) is 0 Å². The first kappa shape index (κ1) is 27.2. The van der Waals surface area contributed by atoms with Crippen molar-refractivity contribution in [3.05, 3.63) is 83.2 Å². The average molecular weight is 502 g/mol. The summed E-state index contributed by atoms with van der Waals surface area (Å²) < 4.78 is 37.2. The number of hydrogen-bond acceptors (Lipinski definition) is 6. The van der Waals surface area contributed by atoms with Crippen LogP contribution in [0.25, 0.3) is 0 Å². The summed E-state index contributed by atoms with van der Waals surface area (Å²) in [5.74, 6) is 1.51. The van der Waals surface area contributed by atoms with Crippen molar-refractivity contribution >= 4 is 13.7 Å². The van der Waals surface area contributed by atoms with Gasteiger partial charge in [-0.05, 0) is 58.2 Å². The summed E-state index contributed by atoms with van der Waals surface area (Å²) in [5.41, 5.74) is 0.851. The van der Waals surface area contributed by atoms with Gasteiger partial charge in [0.05, 0.1) is 25.9 Å². The van der Waals surface area contributed by atoms with E-state index in [9.17, 15) is 9.36 Å². The van der Waals surface area contributed by atoms with Gasteiger partial charge in [0.25, 0.3) is 0 Å². The predicted octanol–water partition coefficient (Wildman–Crippen LogP) is 6.89. The van der Waals surface area contributed by atoms with Crippen molar-refractivity contribution in [2.75, 3.05) is 6.61 Å². The fourth-order valence-corrected chi connectivity index (χ4v) is 5.27. The third-order valence-corrected chi connectivity index (χ3v) is 7.17. The summed E-state index contributed by atoms with van der Waals surface area (Å²) in [7, 11) is -3.69. The van der Waals surface area contributed by atoms with Gasteiger partial charge in [-0.25, -0.2) is 4.79 Å². The van der Waals surface area contributed by atoms with Crippen LogP contribution >= 0.6 is 7.60 Å². The fourth-order valence-electron chi connectivity index (χ4n) is 3.72. The van der Waals surface area contributed by atoms with Crippen molar-refractivity contribution in [1.29, 1.82) is 0 Å². The highest BCUT2D eigenvalue weighted by Crippen LogP contribution is 2.53. The lowest BCUT2D eigenvalue weighted by atomic mass is 10.1. The number of carbonyl (C=O) groups is 1. The molecule has 0 saturated carbocycles. The number of ether oxygens (including phenoxy) is 2. The number of carbonyl (C=O) groups excluding carboxylic acids is 1. The predicted molar refractivity (Wildman–Crippen MR) is 136 cm³/mol. The van der Waals surface area contributed by atoms with Crippen molar-refractivity contribution in [2.45, 2.75) is 72.1 Å². The Kier molecular flexibility index (Phi) is 8.60. The maximum absolute atomic E-state index is 13.9. The first-order valence-electron chi connectivity index (χ1n) is 11.7. The van der Waals surface area contributed by atoms with Gasteiger partial charge < -0.3 is 18.5 Å². The number of nitrogens with zero attached hydrogens (tertiary/aromatic N) is 1. The molecule has 2 aromatic carbocycles. The van der Waals surface area contributed by atoms with Crippen molar-refractivity contribution in [3.63, 3.8) is 0 Å². The summed E-state index contributed by atoms with van der Waals surface area (Å²) in [5, 5.41) is 0. The Hall–Kier alpha value is -2.44. The lowest BCUT2D eigenvalue weighted by Gasteiger charge is -2.35. The van der Waals surface area contributed by atoms with Crippen LogP contribution in [-0.4, -0.2) is 35.0 Å². The second kappa shape index (κ2) is 11.1. The smallest absolute Gasteiger partial charge is 0.413 e. The van der Waals surface area contributed by atoms with Crippen LogP contribution in [0, 0.1) is 0 Å². The highest BCUT2D eigenvalue weighted by atomic mass is 31.2. The summed E-state index contributed by atoms with van der Waals surface area (Å²) >= 11 is 0. The SMILES string of the molecule is C/C(=C\P(=O)(OCc1ccccc1)OCc1ccccc1)[C@@H]1COC(C)(C)N1C(=O)OC(C)(C)C. The molecule has 190 valence electrons. The third-order valence-electron chi connectivity index (χ3n) is 5.47. The van der Waals surface area contributed by atoms with Crippen molar-refractivity contribution in [1.82, 2.24) is 4.90 Å². The van der Waals surface area contributed by atoms with E-state index in [2.05, 4.69) is 0 Å². The molecule has 1 atom stereocenters. The van der Waals surface area contributed by atoms with Crippen LogP contribution < -0.4 is 0 Å². The highest BCUT2D eigenvalue weighted by molar-refractivity contribution is 7.57. The fraction of sp³-hybridized carbons (Fsp3) is 0.444. The summed E-state index contributed by atoms with van der Waals surface area (Å²) in [6.07, 6.45) is -0.497. The number of amides is 1. The van der Waals surface area contributed by atoms with Gasteiger partial charge in [0.1, 0.15) is 11.3 Å². The molecule has 1 fully saturated rings. The quantitative estimate of drug-likeness (QED) is 0.367. The van der Waals surface area contributed by atoms with E-state index >= 15 is 0 Å². The van der Waals surface area contributed by atoms with Gasteiger partial charge in [-0.1, -0.05) is 60.7 Å². The molecule has 0 unspecified atom stereocenters. The molecule has 8 heteroatoms. The normalized spacial score (nSPS) is 18.5. The van der Waals surface area contributed by atoms with Crippen LogP contribution in [0.5, 0.6) is 0 Å². The van der Waals surface area contributed by atoms with Crippen molar-refractivity contribution in [2.24, 2.45) is 0 Å². The molecule has 0 N–H and O–H groups in total. The first-order valence-corrected chi connectivity index (χ1v) is 13.3. The lowest BCUT2D eigenvalue weighted by molar-refractivity contribution is -0.0613. The Labute approximate surface area is 208 Å². The van der Waals surface area contributed by atoms with Gasteiger partial charge in [-0.15, -0.1) is 0 Å². The van der Waals surface area contributed by atoms with Crippen LogP contribution in [-0.2, 0) is 36.3 Å². The van der Waals surface area contributed by atoms with E-state index in [-0.39, 0.29) is 19.8 Å². The molecule has 0 bridgehead atoms. The number of benzene rings is 2. The number of hydrogen-bond donors (Lipinski definition) is 0. The monoisotopic (exact) mass is 501 g/mol. The molecule has 0 aromatic heterocycles. The zero-order valence-electron chi connectivity index (χ0n) is 21.4. The Morgan fingerprint density at radius 1 is 1.03 bits per heavy atom. The molecule has 3 rings (SSSR count). The molecule has 1 heterocycles. The average Bonchev–Trinajstić information content (AvgIpc) is 3.12. The molecule has 0 radical (unpaired) electrons. The Bertz CT molecular complexity index is 1010. The van der Waals surface area contributed by atoms with Gasteiger partial charge >= 0.3 is 13.7 Å². The molecule has 1 aliphatic heterocycles. The van der Waals surface area contributed by atoms with Gasteiger partial charge in [0, 0.05) is 5.82 Å². The second-order valence-electron chi connectivity index (χ2n) is 10.1. The largest absolute Gasteiger partial charge is 0.444 e. The first-order chi connectivity index (χ1) is 16.4. The van der Waals surface area contributed by atoms with Gasteiger partial charge in [-0.2, -0.15) is 0 Å². The van der Waals surface area contributed by atoms with Crippen molar-refractivity contribution in [3.8, 4) is 0 Å². The molecular formula is C27H36NO6P. The van der Waals surface area contributed by atoms with E-state index in [0.29, 0.717) is 5.57 Å².